The van der Waals surface area contributed by atoms with Crippen molar-refractivity contribution < 1.29 is 9.26 Å². The number of thiazole rings is 1. The molecular formula is C15H23N3O2S. The summed E-state index contributed by atoms with van der Waals surface area (Å²) in [6.07, 6.45) is 0.896. The molecule has 2 rings (SSSR count). The minimum absolute atomic E-state index is 0.467. The Morgan fingerprint density at radius 2 is 2.29 bits per heavy atom. The Morgan fingerprint density at radius 3 is 3.00 bits per heavy atom. The van der Waals surface area contributed by atoms with Crippen molar-refractivity contribution in [1.29, 1.82) is 0 Å². The van der Waals surface area contributed by atoms with E-state index in [1.807, 2.05) is 18.5 Å². The third-order valence-corrected chi connectivity index (χ3v) is 4.02. The van der Waals surface area contributed by atoms with E-state index in [9.17, 15) is 0 Å². The Balaban J connectivity index is 1.65. The zero-order chi connectivity index (χ0) is 15.1. The summed E-state index contributed by atoms with van der Waals surface area (Å²) < 4.78 is 10.9. The van der Waals surface area contributed by atoms with E-state index in [1.54, 1.807) is 11.3 Å². The van der Waals surface area contributed by atoms with Crippen molar-refractivity contribution in [1.82, 2.24) is 15.5 Å². The fourth-order valence-electron chi connectivity index (χ4n) is 1.90. The highest BCUT2D eigenvalue weighted by molar-refractivity contribution is 7.09. The van der Waals surface area contributed by atoms with Gasteiger partial charge in [0.25, 0.3) is 0 Å². The smallest absolute Gasteiger partial charge is 0.162 e. The molecule has 0 aromatic carbocycles. The van der Waals surface area contributed by atoms with Crippen LogP contribution in [-0.2, 0) is 24.3 Å². The van der Waals surface area contributed by atoms with Crippen molar-refractivity contribution >= 4 is 11.3 Å². The molecule has 2 aromatic heterocycles. The number of nitrogens with one attached hydrogen (secondary N) is 1. The summed E-state index contributed by atoms with van der Waals surface area (Å²) in [4.78, 5) is 5.51. The van der Waals surface area contributed by atoms with Crippen LogP contribution in [0.15, 0.2) is 16.1 Å². The number of hydrogen-bond donors (Lipinski definition) is 1. The molecule has 6 heteroatoms. The largest absolute Gasteiger partial charge is 0.373 e. The van der Waals surface area contributed by atoms with Crippen LogP contribution in [0, 0.1) is 12.8 Å². The average Bonchev–Trinajstić information content (AvgIpc) is 3.04. The Kier molecular flexibility index (Phi) is 6.35. The first-order chi connectivity index (χ1) is 10.1. The van der Waals surface area contributed by atoms with Crippen molar-refractivity contribution in [2.24, 2.45) is 5.92 Å². The van der Waals surface area contributed by atoms with Gasteiger partial charge in [0, 0.05) is 23.9 Å². The topological polar surface area (TPSA) is 60.2 Å². The van der Waals surface area contributed by atoms with Crippen LogP contribution in [0.25, 0.3) is 0 Å². The van der Waals surface area contributed by atoms with E-state index < -0.39 is 0 Å². The van der Waals surface area contributed by atoms with Crippen LogP contribution in [-0.4, -0.2) is 23.3 Å². The molecule has 1 N–H and O–H groups in total. The number of ether oxygens (including phenoxy) is 1. The Hall–Kier alpha value is -1.24. The van der Waals surface area contributed by atoms with Crippen LogP contribution in [0.3, 0.4) is 0 Å². The van der Waals surface area contributed by atoms with Gasteiger partial charge in [-0.15, -0.1) is 11.3 Å². The van der Waals surface area contributed by atoms with E-state index >= 15 is 0 Å². The maximum absolute atomic E-state index is 5.63. The minimum Gasteiger partial charge on any atom is -0.373 e. The van der Waals surface area contributed by atoms with E-state index in [1.165, 1.54) is 4.88 Å². The lowest BCUT2D eigenvalue weighted by Gasteiger charge is -2.04. The summed E-state index contributed by atoms with van der Waals surface area (Å²) in [6.45, 7) is 9.24. The van der Waals surface area contributed by atoms with Gasteiger partial charge in [0.05, 0.1) is 23.5 Å². The molecule has 0 saturated carbocycles. The molecule has 116 valence electrons. The summed E-state index contributed by atoms with van der Waals surface area (Å²) in [5.74, 6) is 1.41. The van der Waals surface area contributed by atoms with E-state index in [0.717, 1.165) is 36.7 Å². The van der Waals surface area contributed by atoms with Gasteiger partial charge < -0.3 is 14.6 Å². The van der Waals surface area contributed by atoms with E-state index in [0.29, 0.717) is 19.1 Å². The highest BCUT2D eigenvalue weighted by Crippen LogP contribution is 2.13. The summed E-state index contributed by atoms with van der Waals surface area (Å²) in [5, 5.41) is 7.37. The third-order valence-electron chi connectivity index (χ3n) is 3.03. The number of rotatable bonds is 9. The highest BCUT2D eigenvalue weighted by Gasteiger charge is 2.06. The van der Waals surface area contributed by atoms with Crippen LogP contribution in [0.5, 0.6) is 0 Å². The molecule has 0 aliphatic carbocycles. The summed E-state index contributed by atoms with van der Waals surface area (Å²) in [7, 11) is 0. The first kappa shape index (κ1) is 16.1. The number of aryl methyl sites for hydroxylation is 1. The molecule has 0 aliphatic rings. The van der Waals surface area contributed by atoms with Gasteiger partial charge >= 0.3 is 0 Å². The fourth-order valence-corrected chi connectivity index (χ4v) is 2.66. The molecule has 0 bridgehead atoms. The van der Waals surface area contributed by atoms with Gasteiger partial charge in [-0.2, -0.15) is 0 Å². The Morgan fingerprint density at radius 1 is 1.43 bits per heavy atom. The maximum atomic E-state index is 5.63. The van der Waals surface area contributed by atoms with Gasteiger partial charge in [-0.3, -0.25) is 0 Å². The first-order valence-electron chi connectivity index (χ1n) is 7.27. The third kappa shape index (κ3) is 5.57. The molecular weight excluding hydrogens is 286 g/mol. The molecule has 0 amide bonds. The number of nitrogens with zero attached hydrogens (tertiary/aromatic N) is 2. The van der Waals surface area contributed by atoms with Gasteiger partial charge in [0.15, 0.2) is 5.76 Å². The van der Waals surface area contributed by atoms with Crippen molar-refractivity contribution in [3.8, 4) is 0 Å². The monoisotopic (exact) mass is 309 g/mol. The Bertz CT molecular complexity index is 537. The van der Waals surface area contributed by atoms with Gasteiger partial charge in [0.1, 0.15) is 6.61 Å². The molecule has 0 aliphatic heterocycles. The normalized spacial score (nSPS) is 11.4. The van der Waals surface area contributed by atoms with Crippen molar-refractivity contribution in [3.05, 3.63) is 33.6 Å². The fraction of sp³-hybridized carbons (Fsp3) is 0.600. The second-order valence-corrected chi connectivity index (χ2v) is 6.41. The standard InChI is InChI=1S/C15H23N3O2S/c1-11(2)7-16-8-13-6-14(20-18-13)9-19-5-4-15-12(3)17-10-21-15/h6,10-11,16H,4-5,7-9H2,1-3H3. The van der Waals surface area contributed by atoms with E-state index in [-0.39, 0.29) is 0 Å². The molecule has 2 heterocycles. The van der Waals surface area contributed by atoms with Gasteiger partial charge in [-0.05, 0) is 19.4 Å². The second kappa shape index (κ2) is 8.26. The Labute approximate surface area is 129 Å². The minimum atomic E-state index is 0.467. The van der Waals surface area contributed by atoms with E-state index in [4.69, 9.17) is 9.26 Å². The zero-order valence-corrected chi connectivity index (χ0v) is 13.7. The quantitative estimate of drug-likeness (QED) is 0.722. The molecule has 0 fully saturated rings. The van der Waals surface area contributed by atoms with Crippen LogP contribution >= 0.6 is 11.3 Å². The summed E-state index contributed by atoms with van der Waals surface area (Å²) >= 11 is 1.68. The van der Waals surface area contributed by atoms with Crippen molar-refractivity contribution in [2.75, 3.05) is 13.2 Å². The number of hydrogen-bond acceptors (Lipinski definition) is 6. The number of aromatic nitrogens is 2. The van der Waals surface area contributed by atoms with Gasteiger partial charge in [-0.25, -0.2) is 4.98 Å². The van der Waals surface area contributed by atoms with Crippen molar-refractivity contribution in [2.45, 2.75) is 40.3 Å². The zero-order valence-electron chi connectivity index (χ0n) is 12.9. The lowest BCUT2D eigenvalue weighted by molar-refractivity contribution is 0.104. The van der Waals surface area contributed by atoms with Gasteiger partial charge in [0.2, 0.25) is 0 Å². The van der Waals surface area contributed by atoms with Crippen LogP contribution in [0.1, 0.15) is 35.9 Å². The summed E-state index contributed by atoms with van der Waals surface area (Å²) in [6, 6.07) is 1.95. The summed E-state index contributed by atoms with van der Waals surface area (Å²) in [5.41, 5.74) is 3.90. The highest BCUT2D eigenvalue weighted by atomic mass is 32.1. The molecule has 5 nitrogen and oxygen atoms in total. The van der Waals surface area contributed by atoms with Gasteiger partial charge in [-0.1, -0.05) is 19.0 Å². The molecule has 21 heavy (non-hydrogen) atoms. The molecule has 0 radical (unpaired) electrons. The molecule has 0 atom stereocenters. The van der Waals surface area contributed by atoms with Crippen molar-refractivity contribution in [3.63, 3.8) is 0 Å². The van der Waals surface area contributed by atoms with E-state index in [2.05, 4.69) is 29.3 Å². The van der Waals surface area contributed by atoms with Crippen LogP contribution in [0.2, 0.25) is 0 Å². The lowest BCUT2D eigenvalue weighted by Crippen LogP contribution is -2.19. The van der Waals surface area contributed by atoms with Crippen LogP contribution in [0.4, 0.5) is 0 Å². The molecule has 0 spiro atoms. The SMILES string of the molecule is Cc1ncsc1CCOCc1cc(CNCC(C)C)no1. The predicted octanol–water partition coefficient (Wildman–Crippen LogP) is 2.94. The molecule has 0 saturated heterocycles. The second-order valence-electron chi connectivity index (χ2n) is 5.47. The molecule has 0 unspecified atom stereocenters. The predicted molar refractivity (Wildman–Crippen MR) is 83.3 cm³/mol. The maximum Gasteiger partial charge on any atom is 0.162 e. The molecule has 2 aromatic rings. The van der Waals surface area contributed by atoms with Crippen LogP contribution < -0.4 is 5.32 Å². The first-order valence-corrected chi connectivity index (χ1v) is 8.15. The average molecular weight is 309 g/mol. The lowest BCUT2D eigenvalue weighted by atomic mass is 10.2.